The predicted molar refractivity (Wildman–Crippen MR) is 140 cm³/mol. The Morgan fingerprint density at radius 3 is 2.21 bits per heavy atom. The van der Waals surface area contributed by atoms with Gasteiger partial charge in [0.1, 0.15) is 5.82 Å². The Bertz CT molecular complexity index is 1520. The Hall–Kier alpha value is -5.18. The van der Waals surface area contributed by atoms with Gasteiger partial charge in [-0.2, -0.15) is 23.4 Å². The van der Waals surface area contributed by atoms with Gasteiger partial charge in [-0.3, -0.25) is 4.79 Å². The molecule has 0 saturated heterocycles. The van der Waals surface area contributed by atoms with Crippen molar-refractivity contribution in [2.45, 2.75) is 19.6 Å². The number of carbonyl (C=O) groups excluding carboxylic acids is 1. The van der Waals surface area contributed by atoms with Crippen LogP contribution in [0.25, 0.3) is 10.9 Å². The van der Waals surface area contributed by atoms with E-state index in [9.17, 15) is 18.0 Å². The van der Waals surface area contributed by atoms with E-state index in [0.717, 1.165) is 27.8 Å². The molecule has 0 spiro atoms. The number of aliphatic carboxylic acids is 1. The molecule has 0 unspecified atom stereocenters. The lowest BCUT2D eigenvalue weighted by Crippen LogP contribution is -2.21. The zero-order chi connectivity index (χ0) is 28.6. The SMILES string of the molecule is CNc1nc(NCc2ccc(NC(=O)c3ccc(C#N)cc3)cc2)c2cccc(C)c2n1.O=C(O)C(F)(F)F. The average Bonchev–Trinajstić information content (AvgIpc) is 2.92. The fraction of sp³-hybridized carbons (Fsp3) is 0.148. The molecule has 0 saturated carbocycles. The molecule has 1 aromatic heterocycles. The molecule has 4 aromatic rings. The molecule has 39 heavy (non-hydrogen) atoms. The van der Waals surface area contributed by atoms with Crippen molar-refractivity contribution in [2.75, 3.05) is 23.0 Å². The number of hydrogen-bond acceptors (Lipinski definition) is 7. The van der Waals surface area contributed by atoms with Gasteiger partial charge in [0.2, 0.25) is 5.95 Å². The number of anilines is 3. The maximum absolute atomic E-state index is 12.4. The monoisotopic (exact) mass is 536 g/mol. The number of carbonyl (C=O) groups is 2. The number of fused-ring (bicyclic) bond motifs is 1. The lowest BCUT2D eigenvalue weighted by molar-refractivity contribution is -0.192. The van der Waals surface area contributed by atoms with E-state index in [1.165, 1.54) is 0 Å². The van der Waals surface area contributed by atoms with Crippen molar-refractivity contribution in [1.29, 1.82) is 5.26 Å². The van der Waals surface area contributed by atoms with Crippen molar-refractivity contribution < 1.29 is 27.9 Å². The maximum Gasteiger partial charge on any atom is 0.490 e. The number of alkyl halides is 3. The summed E-state index contributed by atoms with van der Waals surface area (Å²) >= 11 is 0. The number of nitrogens with one attached hydrogen (secondary N) is 3. The number of hydrogen-bond donors (Lipinski definition) is 4. The fourth-order valence-corrected chi connectivity index (χ4v) is 3.33. The number of carboxylic acids is 1. The predicted octanol–water partition coefficient (Wildman–Crippen LogP) is 5.35. The number of amides is 1. The van der Waals surface area contributed by atoms with Crippen molar-refractivity contribution in [3.8, 4) is 6.07 Å². The highest BCUT2D eigenvalue weighted by Gasteiger charge is 2.38. The molecule has 4 N–H and O–H groups in total. The van der Waals surface area contributed by atoms with Gasteiger partial charge in [0, 0.05) is 30.2 Å². The van der Waals surface area contributed by atoms with Gasteiger partial charge in [-0.15, -0.1) is 0 Å². The van der Waals surface area contributed by atoms with Crippen molar-refractivity contribution >= 4 is 40.2 Å². The summed E-state index contributed by atoms with van der Waals surface area (Å²) in [7, 11) is 1.80. The van der Waals surface area contributed by atoms with Gasteiger partial charge in [-0.25, -0.2) is 9.78 Å². The number of nitriles is 1. The lowest BCUT2D eigenvalue weighted by atomic mass is 10.1. The Labute approximate surface area is 221 Å². The van der Waals surface area contributed by atoms with Crippen molar-refractivity contribution in [3.05, 3.63) is 89.0 Å². The third-order valence-corrected chi connectivity index (χ3v) is 5.34. The van der Waals surface area contributed by atoms with E-state index >= 15 is 0 Å². The third-order valence-electron chi connectivity index (χ3n) is 5.34. The van der Waals surface area contributed by atoms with E-state index in [4.69, 9.17) is 15.2 Å². The van der Waals surface area contributed by atoms with Crippen LogP contribution in [0.3, 0.4) is 0 Å². The zero-order valence-electron chi connectivity index (χ0n) is 20.8. The van der Waals surface area contributed by atoms with Gasteiger partial charge in [0.15, 0.2) is 0 Å². The first-order valence-electron chi connectivity index (χ1n) is 11.4. The van der Waals surface area contributed by atoms with Gasteiger partial charge in [0.25, 0.3) is 5.91 Å². The van der Waals surface area contributed by atoms with E-state index in [1.54, 1.807) is 31.3 Å². The molecule has 12 heteroatoms. The molecule has 0 aliphatic rings. The minimum atomic E-state index is -5.08. The molecule has 0 bridgehead atoms. The second-order valence-corrected chi connectivity index (χ2v) is 8.11. The number of halogens is 3. The first kappa shape index (κ1) is 28.4. The third kappa shape index (κ3) is 7.65. The number of benzene rings is 3. The zero-order valence-corrected chi connectivity index (χ0v) is 20.8. The molecule has 9 nitrogen and oxygen atoms in total. The molecule has 0 aliphatic heterocycles. The highest BCUT2D eigenvalue weighted by Crippen LogP contribution is 2.25. The summed E-state index contributed by atoms with van der Waals surface area (Å²) in [6.45, 7) is 2.61. The molecule has 1 heterocycles. The summed E-state index contributed by atoms with van der Waals surface area (Å²) in [5, 5.41) is 26.2. The van der Waals surface area contributed by atoms with Gasteiger partial charge >= 0.3 is 12.1 Å². The standard InChI is InChI=1S/C25H22N6O.C2HF3O2/c1-16-4-3-5-21-22(16)30-25(27-2)31-23(21)28-15-18-8-12-20(13-9-18)29-24(32)19-10-6-17(14-26)7-11-19;3-2(4,5)1(6)7/h3-13H,15H2,1-2H3,(H,29,32)(H2,27,28,30,31);(H,6,7). The molecule has 0 fully saturated rings. The summed E-state index contributed by atoms with van der Waals surface area (Å²) < 4.78 is 31.7. The van der Waals surface area contributed by atoms with Gasteiger partial charge in [-0.05, 0) is 60.5 Å². The quantitative estimate of drug-likeness (QED) is 0.259. The topological polar surface area (TPSA) is 140 Å². The van der Waals surface area contributed by atoms with Crippen LogP contribution in [0.15, 0.2) is 66.7 Å². The molecule has 4 rings (SSSR count). The largest absolute Gasteiger partial charge is 0.490 e. The molecule has 200 valence electrons. The van der Waals surface area contributed by atoms with Crippen LogP contribution in [0.2, 0.25) is 0 Å². The van der Waals surface area contributed by atoms with E-state index in [-0.39, 0.29) is 5.91 Å². The van der Waals surface area contributed by atoms with Crippen molar-refractivity contribution in [2.24, 2.45) is 0 Å². The van der Waals surface area contributed by atoms with Crippen LogP contribution in [0, 0.1) is 18.3 Å². The van der Waals surface area contributed by atoms with E-state index in [2.05, 4.69) is 25.9 Å². The minimum Gasteiger partial charge on any atom is -0.475 e. The molecular weight excluding hydrogens is 513 g/mol. The number of carboxylic acid groups (broad SMARTS) is 1. The van der Waals surface area contributed by atoms with Crippen LogP contribution >= 0.6 is 0 Å². The van der Waals surface area contributed by atoms with Gasteiger partial charge < -0.3 is 21.1 Å². The molecular formula is C27H23F3N6O3. The molecule has 3 aromatic carbocycles. The Kier molecular flexibility index (Phi) is 9.01. The first-order valence-corrected chi connectivity index (χ1v) is 11.4. The lowest BCUT2D eigenvalue weighted by Gasteiger charge is -2.12. The van der Waals surface area contributed by atoms with Crippen LogP contribution in [0.1, 0.15) is 27.0 Å². The number of nitrogens with zero attached hydrogens (tertiary/aromatic N) is 3. The Morgan fingerprint density at radius 1 is 1.00 bits per heavy atom. The number of aromatic nitrogens is 2. The van der Waals surface area contributed by atoms with Crippen molar-refractivity contribution in [3.63, 3.8) is 0 Å². The Morgan fingerprint density at radius 2 is 1.64 bits per heavy atom. The second kappa shape index (κ2) is 12.4. The summed E-state index contributed by atoms with van der Waals surface area (Å²) in [4.78, 5) is 30.4. The first-order chi connectivity index (χ1) is 18.5. The summed E-state index contributed by atoms with van der Waals surface area (Å²) in [6, 6.07) is 22.2. The normalized spacial score (nSPS) is 10.6. The average molecular weight is 537 g/mol. The van der Waals surface area contributed by atoms with Crippen LogP contribution in [-0.4, -0.2) is 40.2 Å². The van der Waals surface area contributed by atoms with Crippen LogP contribution in [0.5, 0.6) is 0 Å². The minimum absolute atomic E-state index is 0.220. The second-order valence-electron chi connectivity index (χ2n) is 8.11. The smallest absolute Gasteiger partial charge is 0.475 e. The highest BCUT2D eigenvalue weighted by molar-refractivity contribution is 6.04. The number of para-hydroxylation sites is 1. The summed E-state index contributed by atoms with van der Waals surface area (Å²) in [5.74, 6) is -1.65. The highest BCUT2D eigenvalue weighted by atomic mass is 19.4. The number of aryl methyl sites for hydroxylation is 1. The maximum atomic E-state index is 12.4. The molecule has 0 atom stereocenters. The van der Waals surface area contributed by atoms with E-state index in [1.807, 2.05) is 55.5 Å². The van der Waals surface area contributed by atoms with Gasteiger partial charge in [-0.1, -0.05) is 24.3 Å². The van der Waals surface area contributed by atoms with Crippen LogP contribution < -0.4 is 16.0 Å². The van der Waals surface area contributed by atoms with Gasteiger partial charge in [0.05, 0.1) is 17.1 Å². The van der Waals surface area contributed by atoms with E-state index in [0.29, 0.717) is 29.3 Å². The molecule has 0 radical (unpaired) electrons. The number of rotatable bonds is 6. The molecule has 1 amide bonds. The fourth-order valence-electron chi connectivity index (χ4n) is 3.33. The van der Waals surface area contributed by atoms with Crippen LogP contribution in [-0.2, 0) is 11.3 Å². The molecule has 0 aliphatic carbocycles. The van der Waals surface area contributed by atoms with Crippen LogP contribution in [0.4, 0.5) is 30.6 Å². The summed E-state index contributed by atoms with van der Waals surface area (Å²) in [5.41, 5.74) is 4.77. The summed E-state index contributed by atoms with van der Waals surface area (Å²) in [6.07, 6.45) is -5.08. The Balaban J connectivity index is 0.000000532. The van der Waals surface area contributed by atoms with Crippen molar-refractivity contribution in [1.82, 2.24) is 9.97 Å². The van der Waals surface area contributed by atoms with E-state index < -0.39 is 12.1 Å².